The molecule has 0 aliphatic heterocycles. The average Bonchev–Trinajstić information content (AvgIpc) is 2.53. The number of carbonyl (C=O) groups is 1. The molecule has 0 radical (unpaired) electrons. The monoisotopic (exact) mass is 387 g/mol. The van der Waals surface area contributed by atoms with Gasteiger partial charge in [0, 0.05) is 18.7 Å². The number of nitrogens with one attached hydrogen (secondary N) is 2. The van der Waals surface area contributed by atoms with Crippen molar-refractivity contribution in [2.45, 2.75) is 38.8 Å². The van der Waals surface area contributed by atoms with Crippen LogP contribution >= 0.6 is 0 Å². The molecule has 0 aliphatic carbocycles. The lowest BCUT2D eigenvalue weighted by Crippen LogP contribution is -2.36. The van der Waals surface area contributed by atoms with Crippen LogP contribution in [-0.4, -0.2) is 52.2 Å². The molecule has 0 aliphatic rings. The second-order valence-electron chi connectivity index (χ2n) is 6.87. The van der Waals surface area contributed by atoms with Gasteiger partial charge in [0.1, 0.15) is 5.67 Å². The average molecular weight is 388 g/mol. The van der Waals surface area contributed by atoms with Crippen LogP contribution < -0.4 is 10.0 Å². The van der Waals surface area contributed by atoms with Gasteiger partial charge in [-0.15, -0.1) is 0 Å². The van der Waals surface area contributed by atoms with Crippen molar-refractivity contribution in [3.05, 3.63) is 29.8 Å². The van der Waals surface area contributed by atoms with Gasteiger partial charge in [-0.05, 0) is 58.1 Å². The predicted molar refractivity (Wildman–Crippen MR) is 103 cm³/mol. The Morgan fingerprint density at radius 2 is 1.85 bits per heavy atom. The standard InChI is InChI=1S/C18H30FN3O3S/c1-5-13-26(24,25)20-14-18(2,19)15-8-10-16(11-9-15)21-17(23)7-6-12-22(3)4/h8-11,20H,5-7,12-14H2,1-4H3,(H,21,23). The first-order chi connectivity index (χ1) is 12.1. The number of hydrogen-bond donors (Lipinski definition) is 2. The Morgan fingerprint density at radius 1 is 1.23 bits per heavy atom. The summed E-state index contributed by atoms with van der Waals surface area (Å²) >= 11 is 0. The molecule has 0 heterocycles. The highest BCUT2D eigenvalue weighted by atomic mass is 32.2. The quantitative estimate of drug-likeness (QED) is 0.611. The van der Waals surface area contributed by atoms with Crippen LogP contribution in [-0.2, 0) is 20.5 Å². The fourth-order valence-electron chi connectivity index (χ4n) is 2.37. The molecule has 1 atom stereocenters. The number of sulfonamides is 1. The number of alkyl halides is 1. The maximum Gasteiger partial charge on any atom is 0.224 e. The molecule has 0 fully saturated rings. The lowest BCUT2D eigenvalue weighted by molar-refractivity contribution is -0.116. The first-order valence-electron chi connectivity index (χ1n) is 8.77. The van der Waals surface area contributed by atoms with Gasteiger partial charge >= 0.3 is 0 Å². The van der Waals surface area contributed by atoms with Crippen molar-refractivity contribution in [2.75, 3.05) is 38.3 Å². The van der Waals surface area contributed by atoms with E-state index < -0.39 is 15.7 Å². The Morgan fingerprint density at radius 3 is 2.38 bits per heavy atom. The Kier molecular flexibility index (Phi) is 8.66. The third-order valence-electron chi connectivity index (χ3n) is 3.88. The van der Waals surface area contributed by atoms with Crippen LogP contribution in [0.2, 0.25) is 0 Å². The summed E-state index contributed by atoms with van der Waals surface area (Å²) in [5.74, 6) is -0.114. The summed E-state index contributed by atoms with van der Waals surface area (Å²) in [7, 11) is 0.440. The summed E-state index contributed by atoms with van der Waals surface area (Å²) in [5, 5.41) is 2.78. The van der Waals surface area contributed by atoms with Crippen LogP contribution in [0.15, 0.2) is 24.3 Å². The number of halogens is 1. The van der Waals surface area contributed by atoms with E-state index in [1.165, 1.54) is 6.92 Å². The van der Waals surface area contributed by atoms with Crippen LogP contribution in [0.3, 0.4) is 0 Å². The summed E-state index contributed by atoms with van der Waals surface area (Å²) in [6, 6.07) is 6.36. The van der Waals surface area contributed by atoms with Gasteiger partial charge in [-0.25, -0.2) is 17.5 Å². The van der Waals surface area contributed by atoms with E-state index in [0.717, 1.165) is 13.0 Å². The molecular formula is C18H30FN3O3S. The van der Waals surface area contributed by atoms with Gasteiger partial charge in [0.05, 0.1) is 5.75 Å². The van der Waals surface area contributed by atoms with Crippen LogP contribution in [0.4, 0.5) is 10.1 Å². The molecule has 0 saturated carbocycles. The minimum absolute atomic E-state index is 0.0259. The van der Waals surface area contributed by atoms with Gasteiger partial charge in [-0.3, -0.25) is 4.79 Å². The highest BCUT2D eigenvalue weighted by molar-refractivity contribution is 7.89. The highest BCUT2D eigenvalue weighted by Crippen LogP contribution is 2.26. The molecule has 1 aromatic rings. The highest BCUT2D eigenvalue weighted by Gasteiger charge is 2.27. The van der Waals surface area contributed by atoms with E-state index in [1.54, 1.807) is 31.2 Å². The molecule has 1 unspecified atom stereocenters. The minimum atomic E-state index is -3.46. The van der Waals surface area contributed by atoms with Crippen molar-refractivity contribution < 1.29 is 17.6 Å². The largest absolute Gasteiger partial charge is 0.326 e. The van der Waals surface area contributed by atoms with Gasteiger partial charge in [0.2, 0.25) is 15.9 Å². The van der Waals surface area contributed by atoms with Gasteiger partial charge in [-0.1, -0.05) is 19.1 Å². The van der Waals surface area contributed by atoms with Crippen molar-refractivity contribution >= 4 is 21.6 Å². The maximum absolute atomic E-state index is 14.8. The van der Waals surface area contributed by atoms with Crippen molar-refractivity contribution in [3.63, 3.8) is 0 Å². The van der Waals surface area contributed by atoms with E-state index in [4.69, 9.17) is 0 Å². The molecule has 1 amide bonds. The van der Waals surface area contributed by atoms with Crippen LogP contribution in [0.25, 0.3) is 0 Å². The van der Waals surface area contributed by atoms with Crippen molar-refractivity contribution in [1.82, 2.24) is 9.62 Å². The van der Waals surface area contributed by atoms with E-state index in [9.17, 15) is 17.6 Å². The minimum Gasteiger partial charge on any atom is -0.326 e. The summed E-state index contributed by atoms with van der Waals surface area (Å²) in [5.41, 5.74) is -0.900. The molecule has 0 aromatic heterocycles. The Bertz CT molecular complexity index is 673. The zero-order valence-corrected chi connectivity index (χ0v) is 16.8. The van der Waals surface area contributed by atoms with Crippen molar-refractivity contribution in [3.8, 4) is 0 Å². The van der Waals surface area contributed by atoms with Crippen LogP contribution in [0.1, 0.15) is 38.7 Å². The second-order valence-corrected chi connectivity index (χ2v) is 8.80. The molecule has 0 bridgehead atoms. The first-order valence-corrected chi connectivity index (χ1v) is 10.4. The first kappa shape index (κ1) is 22.5. The lowest BCUT2D eigenvalue weighted by atomic mass is 9.98. The van der Waals surface area contributed by atoms with E-state index in [2.05, 4.69) is 10.0 Å². The number of hydrogen-bond acceptors (Lipinski definition) is 4. The summed E-state index contributed by atoms with van der Waals surface area (Å²) in [4.78, 5) is 13.9. The van der Waals surface area contributed by atoms with Crippen LogP contribution in [0, 0.1) is 0 Å². The van der Waals surface area contributed by atoms with Gasteiger partial charge < -0.3 is 10.2 Å². The molecule has 2 N–H and O–H groups in total. The van der Waals surface area contributed by atoms with E-state index >= 15 is 0 Å². The number of amides is 1. The SMILES string of the molecule is CCCS(=O)(=O)NCC(C)(F)c1ccc(NC(=O)CCCN(C)C)cc1. The number of benzene rings is 1. The molecule has 26 heavy (non-hydrogen) atoms. The Labute approximate surface area is 156 Å². The van der Waals surface area contributed by atoms with E-state index in [1.807, 2.05) is 19.0 Å². The second kappa shape index (κ2) is 9.99. The third-order valence-corrected chi connectivity index (χ3v) is 5.41. The topological polar surface area (TPSA) is 78.5 Å². The molecule has 0 spiro atoms. The van der Waals surface area contributed by atoms with Crippen LogP contribution in [0.5, 0.6) is 0 Å². The molecule has 6 nitrogen and oxygen atoms in total. The van der Waals surface area contributed by atoms with Gasteiger partial charge in [0.25, 0.3) is 0 Å². The summed E-state index contributed by atoms with van der Waals surface area (Å²) in [6.45, 7) is 3.59. The molecular weight excluding hydrogens is 357 g/mol. The Balaban J connectivity index is 2.61. The molecule has 1 aromatic carbocycles. The summed E-state index contributed by atoms with van der Waals surface area (Å²) in [6.07, 6.45) is 1.65. The van der Waals surface area contributed by atoms with Crippen molar-refractivity contribution in [2.24, 2.45) is 0 Å². The fourth-order valence-corrected chi connectivity index (χ4v) is 3.54. The maximum atomic E-state index is 14.8. The molecule has 0 saturated heterocycles. The Hall–Kier alpha value is -1.51. The zero-order valence-electron chi connectivity index (χ0n) is 16.0. The van der Waals surface area contributed by atoms with E-state index in [-0.39, 0.29) is 18.2 Å². The van der Waals surface area contributed by atoms with Gasteiger partial charge in [0.15, 0.2) is 0 Å². The number of nitrogens with zero attached hydrogens (tertiary/aromatic N) is 1. The third kappa shape index (κ3) is 8.25. The summed E-state index contributed by atoms with van der Waals surface area (Å²) < 4.78 is 40.5. The smallest absolute Gasteiger partial charge is 0.224 e. The molecule has 1 rings (SSSR count). The fraction of sp³-hybridized carbons (Fsp3) is 0.611. The number of rotatable bonds is 11. The number of carbonyl (C=O) groups excluding carboxylic acids is 1. The van der Waals surface area contributed by atoms with Gasteiger partial charge in [-0.2, -0.15) is 0 Å². The van der Waals surface area contributed by atoms with E-state index in [0.29, 0.717) is 24.1 Å². The normalized spacial score (nSPS) is 14.2. The number of anilines is 1. The molecule has 148 valence electrons. The predicted octanol–water partition coefficient (Wildman–Crippen LogP) is 2.48. The molecule has 8 heteroatoms. The lowest BCUT2D eigenvalue weighted by Gasteiger charge is -2.21. The van der Waals surface area contributed by atoms with Crippen molar-refractivity contribution in [1.29, 1.82) is 0 Å². The zero-order chi connectivity index (χ0) is 19.8.